The zero-order chi connectivity index (χ0) is 19.5. The van der Waals surface area contributed by atoms with Gasteiger partial charge in [-0.05, 0) is 50.5 Å². The second-order valence-electron chi connectivity index (χ2n) is 7.96. The molecule has 0 saturated carbocycles. The third-order valence-corrected chi connectivity index (χ3v) is 6.55. The van der Waals surface area contributed by atoms with Crippen LogP contribution in [0.5, 0.6) is 0 Å². The van der Waals surface area contributed by atoms with Gasteiger partial charge in [-0.2, -0.15) is 0 Å². The van der Waals surface area contributed by atoms with Gasteiger partial charge in [-0.25, -0.2) is 0 Å². The van der Waals surface area contributed by atoms with Crippen LogP contribution < -0.4 is 10.6 Å². The average Bonchev–Trinajstić information content (AvgIpc) is 3.06. The molecule has 2 fully saturated rings. The van der Waals surface area contributed by atoms with Crippen LogP contribution in [0.25, 0.3) is 0 Å². The number of hydrogen-bond donors (Lipinski definition) is 5. The highest BCUT2D eigenvalue weighted by atomic mass is 16.4. The van der Waals surface area contributed by atoms with Crippen molar-refractivity contribution < 1.29 is 15.3 Å². The molecule has 6 heteroatoms. The van der Waals surface area contributed by atoms with Crippen molar-refractivity contribution >= 4 is 5.69 Å². The Morgan fingerprint density at radius 2 is 1.89 bits per heavy atom. The Labute approximate surface area is 162 Å². The largest absolute Gasteiger partial charge is 0.389 e. The summed E-state index contributed by atoms with van der Waals surface area (Å²) in [5, 5.41) is 38.0. The van der Waals surface area contributed by atoms with Crippen molar-refractivity contribution in [3.05, 3.63) is 29.8 Å². The van der Waals surface area contributed by atoms with E-state index < -0.39 is 17.8 Å². The monoisotopic (exact) mass is 377 g/mol. The van der Waals surface area contributed by atoms with Gasteiger partial charge in [-0.15, -0.1) is 0 Å². The molecule has 3 atom stereocenters. The van der Waals surface area contributed by atoms with Crippen LogP contribution in [-0.4, -0.2) is 77.3 Å². The van der Waals surface area contributed by atoms with Gasteiger partial charge in [0.05, 0.1) is 12.2 Å². The number of β-amino-alcohol motifs (C(OH)–C–C–N with tert-alkyl or cyclic N) is 2. The lowest BCUT2D eigenvalue weighted by Gasteiger charge is -2.44. The predicted octanol–water partition coefficient (Wildman–Crippen LogP) is 0.918. The summed E-state index contributed by atoms with van der Waals surface area (Å²) >= 11 is 0. The van der Waals surface area contributed by atoms with E-state index in [1.807, 2.05) is 13.8 Å². The molecule has 0 aromatic heterocycles. The highest BCUT2D eigenvalue weighted by Crippen LogP contribution is 2.43. The molecule has 0 bridgehead atoms. The Hall–Kier alpha value is -1.18. The maximum absolute atomic E-state index is 10.7. The summed E-state index contributed by atoms with van der Waals surface area (Å²) in [5.41, 5.74) is 1.47. The number of anilines is 1. The maximum atomic E-state index is 10.7. The van der Waals surface area contributed by atoms with Crippen LogP contribution in [0.3, 0.4) is 0 Å². The number of rotatable bonds is 3. The molecular weight excluding hydrogens is 342 g/mol. The second-order valence-corrected chi connectivity index (χ2v) is 7.96. The van der Waals surface area contributed by atoms with Crippen LogP contribution in [0.15, 0.2) is 24.3 Å². The number of fused-ring (bicyclic) bond motifs is 2. The SMILES string of the molecule is CC.OC1CNCCC1(O)C(O)CN1CCC2(CC1)CNc1ccccc12. The van der Waals surface area contributed by atoms with Gasteiger partial charge in [0.15, 0.2) is 0 Å². The minimum Gasteiger partial charge on any atom is -0.389 e. The quantitative estimate of drug-likeness (QED) is 0.538. The number of hydrogen-bond acceptors (Lipinski definition) is 6. The minimum absolute atomic E-state index is 0.198. The summed E-state index contributed by atoms with van der Waals surface area (Å²) in [4.78, 5) is 2.23. The number of benzene rings is 1. The molecule has 3 aliphatic heterocycles. The first-order valence-electron chi connectivity index (χ1n) is 10.4. The molecule has 0 aliphatic carbocycles. The molecule has 0 amide bonds. The van der Waals surface area contributed by atoms with Crippen molar-refractivity contribution in [2.24, 2.45) is 0 Å². The lowest BCUT2D eigenvalue weighted by molar-refractivity contribution is -0.164. The zero-order valence-corrected chi connectivity index (χ0v) is 16.6. The smallest absolute Gasteiger partial charge is 0.120 e. The van der Waals surface area contributed by atoms with Crippen molar-refractivity contribution in [1.82, 2.24) is 10.2 Å². The lowest BCUT2D eigenvalue weighted by Crippen LogP contribution is -2.63. The van der Waals surface area contributed by atoms with Crippen LogP contribution in [0.2, 0.25) is 0 Å². The summed E-state index contributed by atoms with van der Waals surface area (Å²) in [5.74, 6) is 0. The number of para-hydroxylation sites is 1. The van der Waals surface area contributed by atoms with E-state index in [2.05, 4.69) is 39.8 Å². The summed E-state index contributed by atoms with van der Waals surface area (Å²) in [6, 6.07) is 8.56. The summed E-state index contributed by atoms with van der Waals surface area (Å²) in [6.45, 7) is 8.15. The number of nitrogens with zero attached hydrogens (tertiary/aromatic N) is 1. The van der Waals surface area contributed by atoms with E-state index >= 15 is 0 Å². The van der Waals surface area contributed by atoms with Crippen LogP contribution in [0.4, 0.5) is 5.69 Å². The zero-order valence-electron chi connectivity index (χ0n) is 16.6. The molecule has 1 aromatic rings. The van der Waals surface area contributed by atoms with Crippen LogP contribution in [0, 0.1) is 0 Å². The van der Waals surface area contributed by atoms with E-state index in [1.165, 1.54) is 11.3 Å². The first-order valence-corrected chi connectivity index (χ1v) is 10.4. The summed E-state index contributed by atoms with van der Waals surface area (Å²) in [6.07, 6.45) is 0.633. The van der Waals surface area contributed by atoms with Crippen molar-refractivity contribution in [3.8, 4) is 0 Å². The minimum atomic E-state index is -1.40. The van der Waals surface area contributed by atoms with E-state index in [4.69, 9.17) is 0 Å². The Balaban J connectivity index is 0.00000102. The average molecular weight is 378 g/mol. The molecule has 1 spiro atoms. The Kier molecular flexibility index (Phi) is 6.43. The number of piperidine rings is 2. The van der Waals surface area contributed by atoms with Gasteiger partial charge in [0.1, 0.15) is 5.60 Å². The molecular formula is C21H35N3O3. The number of likely N-dealkylation sites (tertiary alicyclic amines) is 1. The van der Waals surface area contributed by atoms with Crippen LogP contribution in [-0.2, 0) is 5.41 Å². The molecule has 6 nitrogen and oxygen atoms in total. The summed E-state index contributed by atoms with van der Waals surface area (Å²) < 4.78 is 0. The maximum Gasteiger partial charge on any atom is 0.120 e. The highest BCUT2D eigenvalue weighted by molar-refractivity contribution is 5.60. The molecule has 5 N–H and O–H groups in total. The second kappa shape index (κ2) is 8.45. The third-order valence-electron chi connectivity index (χ3n) is 6.55. The van der Waals surface area contributed by atoms with Gasteiger partial charge in [-0.1, -0.05) is 32.0 Å². The number of aliphatic hydroxyl groups excluding tert-OH is 2. The lowest BCUT2D eigenvalue weighted by atomic mass is 9.74. The first-order chi connectivity index (χ1) is 13.0. The fraction of sp³-hybridized carbons (Fsp3) is 0.714. The molecule has 3 heterocycles. The van der Waals surface area contributed by atoms with E-state index in [-0.39, 0.29) is 5.41 Å². The normalized spacial score (nSPS) is 30.8. The molecule has 0 radical (unpaired) electrons. The van der Waals surface area contributed by atoms with Crippen molar-refractivity contribution in [2.75, 3.05) is 44.6 Å². The molecule has 1 aromatic carbocycles. The van der Waals surface area contributed by atoms with Gasteiger partial charge in [0, 0.05) is 30.7 Å². The van der Waals surface area contributed by atoms with Gasteiger partial charge in [0.2, 0.25) is 0 Å². The van der Waals surface area contributed by atoms with Gasteiger partial charge < -0.3 is 30.9 Å². The van der Waals surface area contributed by atoms with Gasteiger partial charge in [-0.3, -0.25) is 0 Å². The van der Waals surface area contributed by atoms with E-state index in [0.717, 1.165) is 32.5 Å². The molecule has 4 rings (SSSR count). The van der Waals surface area contributed by atoms with Crippen LogP contribution >= 0.6 is 0 Å². The topological polar surface area (TPSA) is 88.0 Å². The van der Waals surface area contributed by atoms with E-state index in [0.29, 0.717) is 26.1 Å². The molecule has 3 unspecified atom stereocenters. The number of aliphatic hydroxyl groups is 3. The number of nitrogens with one attached hydrogen (secondary N) is 2. The van der Waals surface area contributed by atoms with Crippen molar-refractivity contribution in [1.29, 1.82) is 0 Å². The van der Waals surface area contributed by atoms with Gasteiger partial charge in [0.25, 0.3) is 0 Å². The first kappa shape index (κ1) is 20.6. The fourth-order valence-electron chi connectivity index (χ4n) is 4.73. The highest BCUT2D eigenvalue weighted by Gasteiger charge is 2.46. The molecule has 3 aliphatic rings. The van der Waals surface area contributed by atoms with E-state index in [9.17, 15) is 15.3 Å². The Morgan fingerprint density at radius 1 is 1.19 bits per heavy atom. The third kappa shape index (κ3) is 3.87. The predicted molar refractivity (Wildman–Crippen MR) is 108 cm³/mol. The van der Waals surface area contributed by atoms with Crippen molar-refractivity contribution in [3.63, 3.8) is 0 Å². The molecule has 152 valence electrons. The van der Waals surface area contributed by atoms with Gasteiger partial charge >= 0.3 is 0 Å². The molecule has 2 saturated heterocycles. The van der Waals surface area contributed by atoms with Crippen LogP contribution in [0.1, 0.15) is 38.7 Å². The van der Waals surface area contributed by atoms with Crippen molar-refractivity contribution in [2.45, 2.75) is 56.3 Å². The Morgan fingerprint density at radius 3 is 2.59 bits per heavy atom. The molecule has 27 heavy (non-hydrogen) atoms. The standard InChI is InChI=1S/C19H29N3O3.C2H6/c23-16-11-20-8-5-19(16,25)17(24)12-22-9-6-18(7-10-22)13-21-15-4-2-1-3-14(15)18;1-2/h1-4,16-17,20-21,23-25H,5-13H2;1-2H3. The Bertz CT molecular complexity index is 618. The summed E-state index contributed by atoms with van der Waals surface area (Å²) in [7, 11) is 0. The fourth-order valence-corrected chi connectivity index (χ4v) is 4.73. The van der Waals surface area contributed by atoms with E-state index in [1.54, 1.807) is 0 Å².